The molecule has 0 radical (unpaired) electrons. The van der Waals surface area contributed by atoms with Crippen molar-refractivity contribution in [1.82, 2.24) is 9.97 Å². The van der Waals surface area contributed by atoms with E-state index in [0.717, 1.165) is 42.8 Å². The number of aromatic nitrogens is 2. The van der Waals surface area contributed by atoms with Gasteiger partial charge >= 0.3 is 24.3 Å². The molecule has 0 fully saturated rings. The third-order valence-electron chi connectivity index (χ3n) is 3.60. The number of carboxylic acids is 2. The molecular weight excluding hydrogens is 526 g/mol. The normalized spacial score (nSPS) is 12.0. The van der Waals surface area contributed by atoms with Crippen molar-refractivity contribution in [2.45, 2.75) is 30.7 Å². The van der Waals surface area contributed by atoms with Crippen molar-refractivity contribution in [3.8, 4) is 0 Å². The Hall–Kier alpha value is -3.06. The lowest BCUT2D eigenvalue weighted by Gasteiger charge is -2.09. The second-order valence-corrected chi connectivity index (χ2v) is 7.80. The number of thioether (sulfide) groups is 1. The Kier molecular flexibility index (Phi) is 11.3. The first kappa shape index (κ1) is 30.0. The van der Waals surface area contributed by atoms with Gasteiger partial charge in [-0.05, 0) is 42.5 Å². The summed E-state index contributed by atoms with van der Waals surface area (Å²) in [6.07, 6.45) is -4.35. The Bertz CT molecular complexity index is 1100. The topological polar surface area (TPSA) is 100 Å². The van der Waals surface area contributed by atoms with Gasteiger partial charge in [0.15, 0.2) is 0 Å². The van der Waals surface area contributed by atoms with Gasteiger partial charge in [0.1, 0.15) is 21.6 Å². The van der Waals surface area contributed by atoms with Crippen molar-refractivity contribution in [3.63, 3.8) is 0 Å². The van der Waals surface area contributed by atoms with Crippen LogP contribution in [0.1, 0.15) is 35.9 Å². The first-order valence-electron chi connectivity index (χ1n) is 9.42. The minimum atomic E-state index is -4.57. The number of rotatable bonds is 7. The summed E-state index contributed by atoms with van der Waals surface area (Å²) in [5.41, 5.74) is -1.62. The molecule has 35 heavy (non-hydrogen) atoms. The third kappa shape index (κ3) is 10.8. The maximum Gasteiger partial charge on any atom is 0.433 e. The molecule has 2 N–H and O–H groups in total. The van der Waals surface area contributed by atoms with Crippen LogP contribution in [0.5, 0.6) is 0 Å². The van der Waals surface area contributed by atoms with Crippen molar-refractivity contribution >= 4 is 47.5 Å². The Balaban J connectivity index is 0.000000355. The molecule has 0 aliphatic heterocycles. The average Bonchev–Trinajstić information content (AvgIpc) is 2.74. The largest absolute Gasteiger partial charge is 0.478 e. The van der Waals surface area contributed by atoms with Crippen LogP contribution < -0.4 is 0 Å². The average molecular weight is 543 g/mol. The van der Waals surface area contributed by atoms with Crippen molar-refractivity contribution < 1.29 is 46.1 Å². The van der Waals surface area contributed by atoms with E-state index in [-0.39, 0.29) is 10.6 Å². The molecular formula is C21H17ClF6N2O4S. The number of nitrogens with zero attached hydrogens (tertiary/aromatic N) is 2. The number of pyridine rings is 2. The molecule has 14 heteroatoms. The first-order valence-corrected chi connectivity index (χ1v) is 10.8. The highest BCUT2D eigenvalue weighted by Gasteiger charge is 2.33. The van der Waals surface area contributed by atoms with Crippen molar-refractivity contribution in [1.29, 1.82) is 0 Å². The van der Waals surface area contributed by atoms with Crippen LogP contribution in [-0.4, -0.2) is 37.9 Å². The highest BCUT2D eigenvalue weighted by atomic mass is 35.5. The standard InChI is InChI=1S/C12H12F3NO2S.C9H5ClF3NO2/c1-2-7-19-11-8(4-6-10(17)18)3-5-9(16-11)12(13,14)15;10-8-5(2-4-7(15)16)1-3-6(14-8)9(11,12)13/h3-6H,2,7H2,1H3,(H,17,18);1-4H,(H,15,16). The van der Waals surface area contributed by atoms with Gasteiger partial charge in [0.25, 0.3) is 0 Å². The van der Waals surface area contributed by atoms with E-state index in [1.54, 1.807) is 0 Å². The quantitative estimate of drug-likeness (QED) is 0.177. The van der Waals surface area contributed by atoms with Crippen LogP contribution in [-0.2, 0) is 21.9 Å². The van der Waals surface area contributed by atoms with Crippen molar-refractivity contribution in [2.75, 3.05) is 5.75 Å². The number of carbonyl (C=O) groups is 2. The Morgan fingerprint density at radius 3 is 1.77 bits per heavy atom. The zero-order valence-electron chi connectivity index (χ0n) is 17.7. The minimum Gasteiger partial charge on any atom is -0.478 e. The molecule has 2 heterocycles. The van der Waals surface area contributed by atoms with Crippen molar-refractivity contribution in [3.05, 3.63) is 64.1 Å². The lowest BCUT2D eigenvalue weighted by Crippen LogP contribution is -2.08. The Morgan fingerprint density at radius 2 is 1.34 bits per heavy atom. The number of aliphatic carboxylic acids is 2. The molecule has 2 aromatic rings. The van der Waals surface area contributed by atoms with E-state index in [1.165, 1.54) is 23.9 Å². The van der Waals surface area contributed by atoms with E-state index in [1.807, 2.05) is 6.92 Å². The number of hydrogen-bond acceptors (Lipinski definition) is 5. The second-order valence-electron chi connectivity index (χ2n) is 6.35. The summed E-state index contributed by atoms with van der Waals surface area (Å²) in [5, 5.41) is 16.6. The predicted molar refractivity (Wildman–Crippen MR) is 118 cm³/mol. The number of hydrogen-bond donors (Lipinski definition) is 2. The summed E-state index contributed by atoms with van der Waals surface area (Å²) in [4.78, 5) is 27.3. The molecule has 0 amide bonds. The molecule has 2 rings (SSSR count). The van der Waals surface area contributed by atoms with E-state index in [2.05, 4.69) is 9.97 Å². The maximum absolute atomic E-state index is 12.6. The van der Waals surface area contributed by atoms with E-state index < -0.39 is 40.8 Å². The van der Waals surface area contributed by atoms with Gasteiger partial charge in [0.05, 0.1) is 0 Å². The maximum atomic E-state index is 12.6. The van der Waals surface area contributed by atoms with Crippen LogP contribution in [0.25, 0.3) is 12.2 Å². The summed E-state index contributed by atoms with van der Waals surface area (Å²) in [5.74, 6) is -1.77. The molecule has 0 aliphatic carbocycles. The molecule has 6 nitrogen and oxygen atoms in total. The van der Waals surface area contributed by atoms with E-state index in [4.69, 9.17) is 21.8 Å². The predicted octanol–water partition coefficient (Wildman–Crippen LogP) is 6.55. The zero-order chi connectivity index (χ0) is 26.8. The molecule has 0 unspecified atom stereocenters. The molecule has 0 spiro atoms. The fraction of sp³-hybridized carbons (Fsp3) is 0.238. The SMILES string of the molecule is CCCSc1nc(C(F)(F)F)ccc1C=CC(=O)O.O=C(O)C=Cc1ccc(C(F)(F)F)nc1Cl. The number of alkyl halides is 6. The van der Waals surface area contributed by atoms with Gasteiger partial charge in [-0.15, -0.1) is 11.8 Å². The summed E-state index contributed by atoms with van der Waals surface area (Å²) < 4.78 is 74.2. The van der Waals surface area contributed by atoms with E-state index in [9.17, 15) is 35.9 Å². The Labute approximate surface area is 204 Å². The van der Waals surface area contributed by atoms with Gasteiger partial charge in [-0.1, -0.05) is 24.6 Å². The summed E-state index contributed by atoms with van der Waals surface area (Å²) in [6, 6.07) is 3.86. The molecule has 190 valence electrons. The van der Waals surface area contributed by atoms with Gasteiger partial charge in [0, 0.05) is 23.3 Å². The van der Waals surface area contributed by atoms with Crippen LogP contribution >= 0.6 is 23.4 Å². The third-order valence-corrected chi connectivity index (χ3v) is 5.12. The second kappa shape index (κ2) is 13.1. The van der Waals surface area contributed by atoms with Crippen LogP contribution in [0.2, 0.25) is 5.15 Å². The molecule has 0 aromatic carbocycles. The fourth-order valence-electron chi connectivity index (χ4n) is 2.10. The van der Waals surface area contributed by atoms with Gasteiger partial charge in [-0.2, -0.15) is 26.3 Å². The van der Waals surface area contributed by atoms with E-state index in [0.29, 0.717) is 11.3 Å². The van der Waals surface area contributed by atoms with Crippen LogP contribution in [0, 0.1) is 0 Å². The lowest BCUT2D eigenvalue weighted by molar-refractivity contribution is -0.142. The van der Waals surface area contributed by atoms with Gasteiger partial charge in [-0.3, -0.25) is 0 Å². The summed E-state index contributed by atoms with van der Waals surface area (Å²) in [7, 11) is 0. The van der Waals surface area contributed by atoms with Crippen LogP contribution in [0.3, 0.4) is 0 Å². The van der Waals surface area contributed by atoms with Crippen LogP contribution in [0.4, 0.5) is 26.3 Å². The zero-order valence-corrected chi connectivity index (χ0v) is 19.3. The van der Waals surface area contributed by atoms with Gasteiger partial charge in [-0.25, -0.2) is 19.6 Å². The highest BCUT2D eigenvalue weighted by molar-refractivity contribution is 7.99. The smallest absolute Gasteiger partial charge is 0.433 e. The summed E-state index contributed by atoms with van der Waals surface area (Å²) >= 11 is 6.64. The molecule has 0 bridgehead atoms. The van der Waals surface area contributed by atoms with Gasteiger partial charge < -0.3 is 10.2 Å². The van der Waals surface area contributed by atoms with E-state index >= 15 is 0 Å². The Morgan fingerprint density at radius 1 is 0.886 bits per heavy atom. The monoisotopic (exact) mass is 542 g/mol. The molecule has 2 aromatic heterocycles. The number of halogens is 7. The molecule has 0 saturated carbocycles. The minimum absolute atomic E-state index is 0.108. The van der Waals surface area contributed by atoms with Crippen molar-refractivity contribution in [2.24, 2.45) is 0 Å². The van der Waals surface area contributed by atoms with Crippen LogP contribution in [0.15, 0.2) is 41.4 Å². The molecule has 0 atom stereocenters. The summed E-state index contributed by atoms with van der Waals surface area (Å²) in [6.45, 7) is 1.90. The lowest BCUT2D eigenvalue weighted by atomic mass is 10.2. The van der Waals surface area contributed by atoms with Gasteiger partial charge in [0.2, 0.25) is 0 Å². The molecule has 0 saturated heterocycles. The highest BCUT2D eigenvalue weighted by Crippen LogP contribution is 2.32. The fourth-order valence-corrected chi connectivity index (χ4v) is 3.18. The number of carboxylic acid groups (broad SMARTS) is 2. The molecule has 0 aliphatic rings. The first-order chi connectivity index (χ1) is 16.1.